The molecule has 0 aliphatic rings. The van der Waals surface area contributed by atoms with Gasteiger partial charge in [0.2, 0.25) is 0 Å². The molecule has 102 valence electrons. The molecule has 0 saturated heterocycles. The lowest BCUT2D eigenvalue weighted by Gasteiger charge is -2.17. The molecule has 0 bridgehead atoms. The zero-order valence-electron chi connectivity index (χ0n) is 11.4. The van der Waals surface area contributed by atoms with Gasteiger partial charge in [-0.2, -0.15) is 0 Å². The van der Waals surface area contributed by atoms with Crippen LogP contribution in [0.25, 0.3) is 0 Å². The highest BCUT2D eigenvalue weighted by Gasteiger charge is 2.18. The van der Waals surface area contributed by atoms with E-state index in [9.17, 15) is 0 Å². The molecule has 0 fully saturated rings. The molecule has 0 spiro atoms. The second kappa shape index (κ2) is 6.24. The van der Waals surface area contributed by atoms with Crippen molar-refractivity contribution in [2.75, 3.05) is 14.2 Å². The Hall–Kier alpha value is -1.29. The third kappa shape index (κ3) is 3.18. The highest BCUT2D eigenvalue weighted by Crippen LogP contribution is 2.28. The quantitative estimate of drug-likeness (QED) is 0.906. The van der Waals surface area contributed by atoms with Crippen molar-refractivity contribution in [1.29, 1.82) is 0 Å². The molecule has 1 atom stereocenters. The normalized spacial score (nSPS) is 12.6. The van der Waals surface area contributed by atoms with Crippen molar-refractivity contribution >= 4 is 11.6 Å². The molecule has 0 aliphatic heterocycles. The fraction of sp³-hybridized carbons (Fsp3) is 0.333. The van der Waals surface area contributed by atoms with Crippen LogP contribution in [0, 0.1) is 6.92 Å². The summed E-state index contributed by atoms with van der Waals surface area (Å²) >= 11 is 6.00. The van der Waals surface area contributed by atoms with E-state index in [0.717, 1.165) is 27.7 Å². The van der Waals surface area contributed by atoms with Gasteiger partial charge in [0.25, 0.3) is 0 Å². The van der Waals surface area contributed by atoms with Crippen LogP contribution in [0.2, 0.25) is 5.02 Å². The van der Waals surface area contributed by atoms with Crippen molar-refractivity contribution < 1.29 is 9.15 Å². The fourth-order valence-electron chi connectivity index (χ4n) is 2.18. The lowest BCUT2D eigenvalue weighted by atomic mass is 9.99. The Bertz CT molecular complexity index is 551. The third-order valence-corrected chi connectivity index (χ3v) is 3.32. The van der Waals surface area contributed by atoms with Crippen LogP contribution in [0.15, 0.2) is 34.7 Å². The van der Waals surface area contributed by atoms with Gasteiger partial charge in [0, 0.05) is 12.1 Å². The summed E-state index contributed by atoms with van der Waals surface area (Å²) in [6.45, 7) is 2.53. The summed E-state index contributed by atoms with van der Waals surface area (Å²) in [6.07, 6.45) is 0. The summed E-state index contributed by atoms with van der Waals surface area (Å²) in [5.41, 5.74) is 2.29. The Labute approximate surface area is 118 Å². The Morgan fingerprint density at radius 2 is 2.11 bits per heavy atom. The molecule has 0 amide bonds. The Morgan fingerprint density at radius 1 is 1.32 bits per heavy atom. The molecule has 1 aromatic carbocycles. The molecule has 0 saturated carbocycles. The zero-order valence-corrected chi connectivity index (χ0v) is 12.1. The van der Waals surface area contributed by atoms with E-state index in [-0.39, 0.29) is 6.04 Å². The predicted octanol–water partition coefficient (Wildman–Crippen LogP) is 3.70. The molecule has 1 unspecified atom stereocenters. The average molecular weight is 280 g/mol. The monoisotopic (exact) mass is 279 g/mol. The van der Waals surface area contributed by atoms with E-state index in [4.69, 9.17) is 20.8 Å². The van der Waals surface area contributed by atoms with Gasteiger partial charge in [-0.3, -0.25) is 0 Å². The summed E-state index contributed by atoms with van der Waals surface area (Å²) in [7, 11) is 3.57. The van der Waals surface area contributed by atoms with E-state index in [1.807, 2.05) is 44.3 Å². The van der Waals surface area contributed by atoms with Crippen LogP contribution in [-0.2, 0) is 11.3 Å². The van der Waals surface area contributed by atoms with E-state index >= 15 is 0 Å². The number of furan rings is 1. The number of ether oxygens (including phenoxy) is 1. The van der Waals surface area contributed by atoms with Crippen molar-refractivity contribution in [2.45, 2.75) is 19.6 Å². The smallest absolute Gasteiger partial charge is 0.129 e. The summed E-state index contributed by atoms with van der Waals surface area (Å²) in [5.74, 6) is 1.70. The number of aryl methyl sites for hydroxylation is 1. The minimum atomic E-state index is 0.0165. The molecule has 3 nitrogen and oxygen atoms in total. The summed E-state index contributed by atoms with van der Waals surface area (Å²) in [4.78, 5) is 0. The molecule has 1 aromatic heterocycles. The predicted molar refractivity (Wildman–Crippen MR) is 76.5 cm³/mol. The van der Waals surface area contributed by atoms with Gasteiger partial charge in [-0.15, -0.1) is 0 Å². The van der Waals surface area contributed by atoms with Gasteiger partial charge in [-0.1, -0.05) is 17.7 Å². The van der Waals surface area contributed by atoms with Crippen LogP contribution in [0.1, 0.15) is 28.7 Å². The second-order valence-electron chi connectivity index (χ2n) is 4.46. The van der Waals surface area contributed by atoms with Gasteiger partial charge >= 0.3 is 0 Å². The number of methoxy groups -OCH3 is 1. The molecule has 0 aliphatic carbocycles. The molecule has 1 heterocycles. The molecule has 2 aromatic rings. The topological polar surface area (TPSA) is 34.4 Å². The molecule has 4 heteroatoms. The van der Waals surface area contributed by atoms with Gasteiger partial charge in [0.15, 0.2) is 0 Å². The van der Waals surface area contributed by atoms with E-state index < -0.39 is 0 Å². The van der Waals surface area contributed by atoms with Crippen molar-refractivity contribution in [3.63, 3.8) is 0 Å². The first-order valence-electron chi connectivity index (χ1n) is 6.16. The van der Waals surface area contributed by atoms with E-state index in [1.54, 1.807) is 7.11 Å². The number of hydrogen-bond acceptors (Lipinski definition) is 3. The van der Waals surface area contributed by atoms with E-state index in [2.05, 4.69) is 5.32 Å². The summed E-state index contributed by atoms with van der Waals surface area (Å²) in [6, 6.07) is 9.81. The highest BCUT2D eigenvalue weighted by atomic mass is 35.5. The van der Waals surface area contributed by atoms with Gasteiger partial charge in [-0.05, 0) is 49.4 Å². The molecule has 19 heavy (non-hydrogen) atoms. The number of nitrogens with one attached hydrogen (secondary N) is 1. The number of hydrogen-bond donors (Lipinski definition) is 1. The molecular weight excluding hydrogens is 262 g/mol. The average Bonchev–Trinajstić information content (AvgIpc) is 2.82. The van der Waals surface area contributed by atoms with Crippen LogP contribution in [0.5, 0.6) is 0 Å². The van der Waals surface area contributed by atoms with Crippen molar-refractivity contribution in [3.8, 4) is 0 Å². The van der Waals surface area contributed by atoms with Crippen LogP contribution in [0.3, 0.4) is 0 Å². The first kappa shape index (κ1) is 14.1. The third-order valence-electron chi connectivity index (χ3n) is 3.09. The fourth-order valence-corrected chi connectivity index (χ4v) is 2.41. The van der Waals surface area contributed by atoms with E-state index in [0.29, 0.717) is 6.61 Å². The van der Waals surface area contributed by atoms with E-state index in [1.165, 1.54) is 0 Å². The number of halogens is 1. The number of rotatable bonds is 5. The van der Waals surface area contributed by atoms with Gasteiger partial charge in [0.1, 0.15) is 18.1 Å². The van der Waals surface area contributed by atoms with Gasteiger partial charge in [-0.25, -0.2) is 0 Å². The molecular formula is C15H18ClNO2. The largest absolute Gasteiger partial charge is 0.462 e. The maximum Gasteiger partial charge on any atom is 0.129 e. The van der Waals surface area contributed by atoms with Crippen LogP contribution in [-0.4, -0.2) is 14.2 Å². The van der Waals surface area contributed by atoms with Crippen molar-refractivity contribution in [2.24, 2.45) is 0 Å². The van der Waals surface area contributed by atoms with Gasteiger partial charge < -0.3 is 14.5 Å². The lowest BCUT2D eigenvalue weighted by Crippen LogP contribution is -2.18. The standard InChI is InChI=1S/C15H18ClNO2/c1-10-8-11(16)4-6-13(10)15(17-2)14-7-5-12(19-14)9-18-3/h4-8,15,17H,9H2,1-3H3. The van der Waals surface area contributed by atoms with Crippen LogP contribution >= 0.6 is 11.6 Å². The Morgan fingerprint density at radius 3 is 2.74 bits per heavy atom. The Balaban J connectivity index is 2.32. The minimum absolute atomic E-state index is 0.0165. The SMILES string of the molecule is CNC(c1ccc(COC)o1)c1ccc(Cl)cc1C. The lowest BCUT2D eigenvalue weighted by molar-refractivity contribution is 0.162. The Kier molecular flexibility index (Phi) is 4.64. The van der Waals surface area contributed by atoms with Crippen molar-refractivity contribution in [3.05, 3.63) is 58.0 Å². The number of benzene rings is 1. The summed E-state index contributed by atoms with van der Waals surface area (Å²) in [5, 5.41) is 4.02. The highest BCUT2D eigenvalue weighted by molar-refractivity contribution is 6.30. The van der Waals surface area contributed by atoms with Crippen LogP contribution < -0.4 is 5.32 Å². The molecule has 2 rings (SSSR count). The van der Waals surface area contributed by atoms with Crippen molar-refractivity contribution in [1.82, 2.24) is 5.32 Å². The maximum absolute atomic E-state index is 6.00. The van der Waals surface area contributed by atoms with Crippen LogP contribution in [0.4, 0.5) is 0 Å². The summed E-state index contributed by atoms with van der Waals surface area (Å²) < 4.78 is 10.9. The minimum Gasteiger partial charge on any atom is -0.462 e. The maximum atomic E-state index is 6.00. The molecule has 1 N–H and O–H groups in total. The first-order chi connectivity index (χ1) is 9.15. The first-order valence-corrected chi connectivity index (χ1v) is 6.54. The van der Waals surface area contributed by atoms with Gasteiger partial charge in [0.05, 0.1) is 6.04 Å². The zero-order chi connectivity index (χ0) is 13.8. The second-order valence-corrected chi connectivity index (χ2v) is 4.90. The molecule has 0 radical (unpaired) electrons.